The molecule has 114 valence electrons. The minimum Gasteiger partial charge on any atom is -0.462 e. The highest BCUT2D eigenvalue weighted by Gasteiger charge is 2.25. The van der Waals surface area contributed by atoms with Gasteiger partial charge in [0.2, 0.25) is 0 Å². The van der Waals surface area contributed by atoms with Crippen molar-refractivity contribution < 1.29 is 9.53 Å². The molecule has 1 unspecified atom stereocenters. The topological polar surface area (TPSA) is 44.1 Å². The Bertz CT molecular complexity index is 702. The lowest BCUT2D eigenvalue weighted by Crippen LogP contribution is -2.17. The van der Waals surface area contributed by atoms with Gasteiger partial charge in [0.15, 0.2) is 0 Å². The Morgan fingerprint density at radius 2 is 2.36 bits per heavy atom. The zero-order chi connectivity index (χ0) is 15.5. The van der Waals surface area contributed by atoms with Crippen LogP contribution in [0.15, 0.2) is 43.0 Å². The molecule has 0 radical (unpaired) electrons. The van der Waals surface area contributed by atoms with Crippen molar-refractivity contribution in [2.45, 2.75) is 32.7 Å². The van der Waals surface area contributed by atoms with E-state index in [4.69, 9.17) is 4.74 Å². The highest BCUT2D eigenvalue weighted by atomic mass is 16.5. The first-order chi connectivity index (χ1) is 10.7. The maximum Gasteiger partial charge on any atom is 0.338 e. The van der Waals surface area contributed by atoms with Crippen molar-refractivity contribution >= 4 is 11.5 Å². The van der Waals surface area contributed by atoms with E-state index in [1.807, 2.05) is 38.5 Å². The fourth-order valence-corrected chi connectivity index (χ4v) is 3.14. The van der Waals surface area contributed by atoms with Gasteiger partial charge in [-0.2, -0.15) is 0 Å². The molecule has 1 atom stereocenters. The van der Waals surface area contributed by atoms with Crippen LogP contribution in [0.25, 0.3) is 5.57 Å². The Balaban J connectivity index is 2.00. The fourth-order valence-electron chi connectivity index (χ4n) is 3.14. The zero-order valence-electron chi connectivity index (χ0n) is 13.0. The number of aromatic nitrogens is 2. The van der Waals surface area contributed by atoms with E-state index in [9.17, 15) is 4.79 Å². The quantitative estimate of drug-likeness (QED) is 0.812. The summed E-state index contributed by atoms with van der Waals surface area (Å²) in [6.45, 7) is 4.26. The van der Waals surface area contributed by atoms with Crippen molar-refractivity contribution in [2.75, 3.05) is 6.61 Å². The minimum absolute atomic E-state index is 0.259. The number of allylic oxidation sites excluding steroid dienone is 2. The lowest BCUT2D eigenvalue weighted by Gasteiger charge is -2.29. The van der Waals surface area contributed by atoms with Crippen molar-refractivity contribution in [2.24, 2.45) is 0 Å². The number of carbonyl (C=O) groups is 1. The van der Waals surface area contributed by atoms with Gasteiger partial charge in [-0.15, -0.1) is 0 Å². The minimum atomic E-state index is -0.259. The second kappa shape index (κ2) is 6.18. The lowest BCUT2D eigenvalue weighted by molar-refractivity contribution is 0.0526. The van der Waals surface area contributed by atoms with Crippen molar-refractivity contribution in [3.8, 4) is 0 Å². The number of hydrogen-bond donors (Lipinski definition) is 0. The van der Waals surface area contributed by atoms with Crippen LogP contribution in [0.5, 0.6) is 0 Å². The van der Waals surface area contributed by atoms with Crippen LogP contribution in [0.2, 0.25) is 0 Å². The normalized spacial score (nSPS) is 19.0. The Morgan fingerprint density at radius 1 is 1.50 bits per heavy atom. The maximum atomic E-state index is 12.0. The first-order valence-electron chi connectivity index (χ1n) is 7.68. The molecule has 1 aromatic heterocycles. The second-order valence-corrected chi connectivity index (χ2v) is 5.40. The summed E-state index contributed by atoms with van der Waals surface area (Å²) in [5, 5.41) is 0. The van der Waals surface area contributed by atoms with Gasteiger partial charge in [-0.25, -0.2) is 9.78 Å². The van der Waals surface area contributed by atoms with Gasteiger partial charge in [-0.3, -0.25) is 0 Å². The summed E-state index contributed by atoms with van der Waals surface area (Å²) in [5.74, 6) is -0.259. The molecule has 3 rings (SSSR count). The molecule has 0 spiro atoms. The van der Waals surface area contributed by atoms with E-state index >= 15 is 0 Å². The smallest absolute Gasteiger partial charge is 0.338 e. The molecule has 4 nitrogen and oxygen atoms in total. The molecule has 0 bridgehead atoms. The van der Waals surface area contributed by atoms with Crippen molar-refractivity contribution in [1.82, 2.24) is 9.55 Å². The highest BCUT2D eigenvalue weighted by Crippen LogP contribution is 2.38. The monoisotopic (exact) mass is 296 g/mol. The SMILES string of the molecule is CC=C1c2cc(C(=O)OCC)ccc2CCC1n1ccnc1. The summed E-state index contributed by atoms with van der Waals surface area (Å²) in [4.78, 5) is 16.1. The zero-order valence-corrected chi connectivity index (χ0v) is 13.0. The van der Waals surface area contributed by atoms with Gasteiger partial charge in [0.05, 0.1) is 24.5 Å². The molecule has 1 aliphatic rings. The van der Waals surface area contributed by atoms with Gasteiger partial charge in [-0.1, -0.05) is 12.1 Å². The first kappa shape index (κ1) is 14.6. The van der Waals surface area contributed by atoms with Crippen LogP contribution in [0, 0.1) is 0 Å². The molecule has 0 saturated heterocycles. The highest BCUT2D eigenvalue weighted by molar-refractivity contribution is 5.91. The van der Waals surface area contributed by atoms with Gasteiger partial charge < -0.3 is 9.30 Å². The van der Waals surface area contributed by atoms with Gasteiger partial charge >= 0.3 is 5.97 Å². The van der Waals surface area contributed by atoms with E-state index in [0.717, 1.165) is 18.4 Å². The molecular weight excluding hydrogens is 276 g/mol. The number of imidazole rings is 1. The number of rotatable bonds is 3. The molecule has 2 aromatic rings. The molecule has 0 fully saturated rings. The summed E-state index contributed by atoms with van der Waals surface area (Å²) in [5.41, 5.74) is 4.30. The average molecular weight is 296 g/mol. The predicted octanol–water partition coefficient (Wildman–Crippen LogP) is 3.65. The number of fused-ring (bicyclic) bond motifs is 1. The van der Waals surface area contributed by atoms with Crippen LogP contribution >= 0.6 is 0 Å². The van der Waals surface area contributed by atoms with Crippen LogP contribution in [-0.4, -0.2) is 22.1 Å². The molecule has 0 aliphatic heterocycles. The fraction of sp³-hybridized carbons (Fsp3) is 0.333. The van der Waals surface area contributed by atoms with E-state index in [0.29, 0.717) is 12.2 Å². The third kappa shape index (κ3) is 2.56. The molecule has 4 heteroatoms. The van der Waals surface area contributed by atoms with Crippen LogP contribution in [0.3, 0.4) is 0 Å². The van der Waals surface area contributed by atoms with E-state index in [1.54, 1.807) is 6.20 Å². The lowest BCUT2D eigenvalue weighted by atomic mass is 9.82. The molecule has 0 N–H and O–H groups in total. The second-order valence-electron chi connectivity index (χ2n) is 5.40. The number of carbonyl (C=O) groups excluding carboxylic acids is 1. The van der Waals surface area contributed by atoms with Crippen LogP contribution in [-0.2, 0) is 11.2 Å². The standard InChI is InChI=1S/C18H20N2O2/c1-3-15-16-11-14(18(21)22-4-2)6-5-13(16)7-8-17(15)20-10-9-19-12-20/h3,5-6,9-12,17H,4,7-8H2,1-2H3. The summed E-state index contributed by atoms with van der Waals surface area (Å²) < 4.78 is 7.25. The number of ether oxygens (including phenoxy) is 1. The summed E-state index contributed by atoms with van der Waals surface area (Å²) in [7, 11) is 0. The van der Waals surface area contributed by atoms with Crippen LogP contribution < -0.4 is 0 Å². The largest absolute Gasteiger partial charge is 0.462 e. The van der Waals surface area contributed by atoms with E-state index in [2.05, 4.69) is 21.7 Å². The number of nitrogens with zero attached hydrogens (tertiary/aromatic N) is 2. The Kier molecular flexibility index (Phi) is 4.09. The molecule has 22 heavy (non-hydrogen) atoms. The molecule has 1 aliphatic carbocycles. The Morgan fingerprint density at radius 3 is 3.05 bits per heavy atom. The third-order valence-electron chi connectivity index (χ3n) is 4.17. The summed E-state index contributed by atoms with van der Waals surface area (Å²) in [6.07, 6.45) is 9.83. The van der Waals surface area contributed by atoms with Gasteiger partial charge in [0, 0.05) is 12.4 Å². The van der Waals surface area contributed by atoms with Gasteiger partial charge in [0.1, 0.15) is 0 Å². The summed E-state index contributed by atoms with van der Waals surface area (Å²) >= 11 is 0. The number of benzene rings is 1. The maximum absolute atomic E-state index is 12.0. The van der Waals surface area contributed by atoms with Crippen LogP contribution in [0.4, 0.5) is 0 Å². The number of aryl methyl sites for hydroxylation is 1. The third-order valence-corrected chi connectivity index (χ3v) is 4.17. The molecule has 1 aromatic carbocycles. The number of esters is 1. The molecule has 1 heterocycles. The van der Waals surface area contributed by atoms with E-state index in [-0.39, 0.29) is 12.0 Å². The van der Waals surface area contributed by atoms with Crippen molar-refractivity contribution in [3.63, 3.8) is 0 Å². The van der Waals surface area contributed by atoms with Crippen molar-refractivity contribution in [3.05, 3.63) is 59.7 Å². The van der Waals surface area contributed by atoms with Gasteiger partial charge in [0.25, 0.3) is 0 Å². The average Bonchev–Trinajstić information content (AvgIpc) is 3.07. The van der Waals surface area contributed by atoms with Crippen molar-refractivity contribution in [1.29, 1.82) is 0 Å². The van der Waals surface area contributed by atoms with Gasteiger partial charge in [-0.05, 0) is 55.5 Å². The Hall–Kier alpha value is -2.36. The van der Waals surface area contributed by atoms with E-state index in [1.165, 1.54) is 11.1 Å². The molecule has 0 saturated carbocycles. The molecular formula is C18H20N2O2. The predicted molar refractivity (Wildman–Crippen MR) is 85.6 cm³/mol. The Labute approximate surface area is 130 Å². The van der Waals surface area contributed by atoms with Crippen LogP contribution in [0.1, 0.15) is 47.8 Å². The van der Waals surface area contributed by atoms with E-state index < -0.39 is 0 Å². The first-order valence-corrected chi connectivity index (χ1v) is 7.68. The molecule has 0 amide bonds. The number of hydrogen-bond acceptors (Lipinski definition) is 3. The summed E-state index contributed by atoms with van der Waals surface area (Å²) in [6, 6.07) is 6.15.